The Hall–Kier alpha value is -3.07. The van der Waals surface area contributed by atoms with E-state index >= 15 is 0 Å². The van der Waals surface area contributed by atoms with Crippen LogP contribution in [-0.2, 0) is 17.5 Å². The van der Waals surface area contributed by atoms with Gasteiger partial charge in [-0.3, -0.25) is 9.48 Å². The first kappa shape index (κ1) is 19.3. The number of nitrogens with zero attached hydrogens (tertiary/aromatic N) is 2. The molecule has 29 heavy (non-hydrogen) atoms. The maximum atomic E-state index is 12.7. The first-order chi connectivity index (χ1) is 13.9. The fraction of sp³-hybridized carbons (Fsp3) is 0.200. The lowest BCUT2D eigenvalue weighted by Crippen LogP contribution is -2.31. The monoisotopic (exact) mass is 418 g/mol. The molecule has 4 aromatic rings. The zero-order chi connectivity index (χ0) is 20.4. The summed E-state index contributed by atoms with van der Waals surface area (Å²) in [6.07, 6.45) is -1.44. The molecule has 150 valence electrons. The van der Waals surface area contributed by atoms with Crippen molar-refractivity contribution in [1.29, 1.82) is 0 Å². The van der Waals surface area contributed by atoms with Gasteiger partial charge in [-0.1, -0.05) is 24.3 Å². The maximum Gasteiger partial charge on any atom is 0.435 e. The summed E-state index contributed by atoms with van der Waals surface area (Å²) in [5.41, 5.74) is 1.05. The van der Waals surface area contributed by atoms with Gasteiger partial charge in [0.25, 0.3) is 0 Å². The van der Waals surface area contributed by atoms with Gasteiger partial charge in [0.2, 0.25) is 5.91 Å². The van der Waals surface area contributed by atoms with Crippen LogP contribution in [0.3, 0.4) is 0 Å². The summed E-state index contributed by atoms with van der Waals surface area (Å²) in [6.45, 7) is 0.0513. The van der Waals surface area contributed by atoms with E-state index in [1.807, 2.05) is 48.0 Å². The van der Waals surface area contributed by atoms with Gasteiger partial charge in [-0.2, -0.15) is 18.3 Å². The second-order valence-electron chi connectivity index (χ2n) is 6.56. The molecule has 9 heteroatoms. The van der Waals surface area contributed by atoms with E-state index in [0.29, 0.717) is 6.54 Å². The molecule has 1 aromatic carbocycles. The smallest absolute Gasteiger partial charge is 0.361 e. The Balaban J connectivity index is 1.49. The molecule has 2 N–H and O–H groups in total. The summed E-state index contributed by atoms with van der Waals surface area (Å²) in [5.74, 6) is -0.471. The molecule has 1 unspecified atom stereocenters. The van der Waals surface area contributed by atoms with Crippen LogP contribution >= 0.6 is 11.3 Å². The molecule has 0 aliphatic rings. The van der Waals surface area contributed by atoms with Crippen LogP contribution in [0.1, 0.15) is 22.1 Å². The van der Waals surface area contributed by atoms with Crippen molar-refractivity contribution in [1.82, 2.24) is 20.1 Å². The van der Waals surface area contributed by atoms with Crippen molar-refractivity contribution in [2.75, 3.05) is 6.54 Å². The lowest BCUT2D eigenvalue weighted by molar-refractivity contribution is -0.141. The average Bonchev–Trinajstić information content (AvgIpc) is 3.42. The maximum absolute atomic E-state index is 12.7. The molecule has 0 aliphatic heterocycles. The normalized spacial score (nSPS) is 12.9. The number of para-hydroxylation sites is 1. The molecule has 0 bridgehead atoms. The number of nitrogens with one attached hydrogen (secondary N) is 2. The molecule has 3 heterocycles. The third-order valence-electron chi connectivity index (χ3n) is 4.62. The molecule has 0 saturated heterocycles. The van der Waals surface area contributed by atoms with Crippen molar-refractivity contribution in [2.24, 2.45) is 0 Å². The lowest BCUT2D eigenvalue weighted by atomic mass is 9.96. The third-order valence-corrected chi connectivity index (χ3v) is 5.61. The third kappa shape index (κ3) is 4.19. The largest absolute Gasteiger partial charge is 0.435 e. The number of aromatic amines is 1. The van der Waals surface area contributed by atoms with Crippen LogP contribution in [0.15, 0.2) is 60.2 Å². The number of carbonyl (C=O) groups is 1. The second-order valence-corrected chi connectivity index (χ2v) is 7.54. The number of fused-ring (bicyclic) bond motifs is 1. The lowest BCUT2D eigenvalue weighted by Gasteiger charge is -2.16. The number of H-pyrrole nitrogens is 1. The quantitative estimate of drug-likeness (QED) is 0.488. The van der Waals surface area contributed by atoms with E-state index < -0.39 is 17.8 Å². The highest BCUT2D eigenvalue weighted by atomic mass is 32.1. The number of alkyl halides is 3. The molecule has 4 rings (SSSR count). The number of rotatable bonds is 6. The summed E-state index contributed by atoms with van der Waals surface area (Å²) in [5, 5.41) is 9.29. The van der Waals surface area contributed by atoms with Crippen LogP contribution in [0.5, 0.6) is 0 Å². The van der Waals surface area contributed by atoms with Crippen LogP contribution < -0.4 is 5.32 Å². The van der Waals surface area contributed by atoms with Gasteiger partial charge >= 0.3 is 6.18 Å². The van der Waals surface area contributed by atoms with E-state index in [4.69, 9.17) is 0 Å². The molecule has 0 aliphatic carbocycles. The van der Waals surface area contributed by atoms with Crippen molar-refractivity contribution in [3.05, 3.63) is 76.4 Å². The first-order valence-electron chi connectivity index (χ1n) is 8.88. The Morgan fingerprint density at radius 2 is 2.03 bits per heavy atom. The molecule has 0 radical (unpaired) electrons. The Morgan fingerprint density at radius 3 is 2.76 bits per heavy atom. The van der Waals surface area contributed by atoms with Crippen molar-refractivity contribution in [3.8, 4) is 0 Å². The van der Waals surface area contributed by atoms with E-state index in [1.165, 1.54) is 0 Å². The Labute approximate surface area is 168 Å². The standard InChI is InChI=1S/C20H17F3N4OS/c21-20(22,23)18-7-8-27(26-18)12-19(28)25-11-15(17-6-3-9-29-17)14-10-24-16-5-2-1-4-13(14)16/h1-10,15,24H,11-12H2,(H,25,28). The van der Waals surface area contributed by atoms with E-state index in [-0.39, 0.29) is 12.5 Å². The van der Waals surface area contributed by atoms with Crippen LogP contribution in [0.4, 0.5) is 13.2 Å². The van der Waals surface area contributed by atoms with Gasteiger partial charge < -0.3 is 10.3 Å². The van der Waals surface area contributed by atoms with Gasteiger partial charge in [-0.15, -0.1) is 11.3 Å². The zero-order valence-electron chi connectivity index (χ0n) is 15.1. The number of hydrogen-bond donors (Lipinski definition) is 2. The molecule has 1 atom stereocenters. The van der Waals surface area contributed by atoms with Crippen LogP contribution in [0.2, 0.25) is 0 Å². The molecule has 0 spiro atoms. The van der Waals surface area contributed by atoms with Crippen molar-refractivity contribution < 1.29 is 18.0 Å². The van der Waals surface area contributed by atoms with Crippen LogP contribution in [0, 0.1) is 0 Å². The predicted octanol–water partition coefficient (Wildman–Crippen LogP) is 4.39. The average molecular weight is 418 g/mol. The van der Waals surface area contributed by atoms with Gasteiger partial charge in [0.1, 0.15) is 6.54 Å². The highest BCUT2D eigenvalue weighted by Gasteiger charge is 2.33. The first-order valence-corrected chi connectivity index (χ1v) is 9.76. The summed E-state index contributed by atoms with van der Waals surface area (Å²) in [4.78, 5) is 16.7. The summed E-state index contributed by atoms with van der Waals surface area (Å²) < 4.78 is 39.0. The van der Waals surface area contributed by atoms with E-state index in [2.05, 4.69) is 15.4 Å². The number of carbonyl (C=O) groups excluding carboxylic acids is 1. The number of benzene rings is 1. The van der Waals surface area contributed by atoms with E-state index in [1.54, 1.807) is 11.3 Å². The second kappa shape index (κ2) is 7.75. The Kier molecular flexibility index (Phi) is 5.14. The number of thiophene rings is 1. The van der Waals surface area contributed by atoms with Crippen LogP contribution in [0.25, 0.3) is 10.9 Å². The highest BCUT2D eigenvalue weighted by Crippen LogP contribution is 2.33. The van der Waals surface area contributed by atoms with E-state index in [0.717, 1.165) is 38.3 Å². The van der Waals surface area contributed by atoms with Gasteiger partial charge in [0.05, 0.1) is 0 Å². The summed E-state index contributed by atoms with van der Waals surface area (Å²) in [7, 11) is 0. The van der Waals surface area contributed by atoms with Gasteiger partial charge in [-0.05, 0) is 29.1 Å². The molecular formula is C20H17F3N4OS. The predicted molar refractivity (Wildman–Crippen MR) is 105 cm³/mol. The van der Waals surface area contributed by atoms with Crippen molar-refractivity contribution >= 4 is 28.1 Å². The minimum Gasteiger partial charge on any atom is -0.361 e. The van der Waals surface area contributed by atoms with Gasteiger partial charge in [0, 0.05) is 40.6 Å². The highest BCUT2D eigenvalue weighted by molar-refractivity contribution is 7.10. The van der Waals surface area contributed by atoms with Crippen LogP contribution in [-0.4, -0.2) is 27.2 Å². The molecule has 0 fully saturated rings. The fourth-order valence-electron chi connectivity index (χ4n) is 3.26. The molecule has 0 saturated carbocycles. The van der Waals surface area contributed by atoms with Crippen molar-refractivity contribution in [3.63, 3.8) is 0 Å². The minimum atomic E-state index is -4.53. The Morgan fingerprint density at radius 1 is 1.21 bits per heavy atom. The summed E-state index contributed by atoms with van der Waals surface area (Å²) >= 11 is 1.59. The fourth-order valence-corrected chi connectivity index (χ4v) is 4.10. The molecular weight excluding hydrogens is 401 g/mol. The number of aromatic nitrogens is 3. The molecule has 1 amide bonds. The number of hydrogen-bond acceptors (Lipinski definition) is 3. The zero-order valence-corrected chi connectivity index (χ0v) is 15.9. The number of halogens is 3. The van der Waals surface area contributed by atoms with Gasteiger partial charge in [0.15, 0.2) is 5.69 Å². The SMILES string of the molecule is O=C(Cn1ccc(C(F)(F)F)n1)NCC(c1cccs1)c1c[nH]c2ccccc12. The van der Waals surface area contributed by atoms with Gasteiger partial charge in [-0.25, -0.2) is 0 Å². The summed E-state index contributed by atoms with van der Waals surface area (Å²) in [6, 6.07) is 12.7. The number of amides is 1. The molecule has 5 nitrogen and oxygen atoms in total. The van der Waals surface area contributed by atoms with E-state index in [9.17, 15) is 18.0 Å². The molecule has 3 aromatic heterocycles. The van der Waals surface area contributed by atoms with Crippen molar-refractivity contribution in [2.45, 2.75) is 18.6 Å². The topological polar surface area (TPSA) is 62.7 Å². The minimum absolute atomic E-state index is 0.0709. The Bertz CT molecular complexity index is 1110.